The molecule has 0 N–H and O–H groups in total. The highest BCUT2D eigenvalue weighted by molar-refractivity contribution is 5.82. The number of hydrogen-bond acceptors (Lipinski definition) is 1. The molecule has 2 rings (SSSR count). The van der Waals surface area contributed by atoms with Crippen LogP contribution in [0.25, 0.3) is 10.9 Å². The molecule has 20 heavy (non-hydrogen) atoms. The van der Waals surface area contributed by atoms with Crippen molar-refractivity contribution in [3.63, 3.8) is 0 Å². The number of hydrogen-bond donors (Lipinski definition) is 0. The predicted octanol–water partition coefficient (Wildman–Crippen LogP) is 5.41. The van der Waals surface area contributed by atoms with Gasteiger partial charge in [-0.05, 0) is 41.4 Å². The third-order valence-corrected chi connectivity index (χ3v) is 3.31. The summed E-state index contributed by atoms with van der Waals surface area (Å²) < 4.78 is 0. The normalized spacial score (nSPS) is 12.9. The van der Waals surface area contributed by atoms with E-state index in [-0.39, 0.29) is 5.41 Å². The van der Waals surface area contributed by atoms with Gasteiger partial charge in [0.1, 0.15) is 0 Å². The first-order valence-corrected chi connectivity index (χ1v) is 7.52. The maximum atomic E-state index is 4.85. The van der Waals surface area contributed by atoms with Crippen LogP contribution < -0.4 is 0 Å². The van der Waals surface area contributed by atoms with Crippen molar-refractivity contribution in [3.05, 3.63) is 41.6 Å². The molecular weight excluding hydrogens is 242 g/mol. The fourth-order valence-corrected chi connectivity index (χ4v) is 2.63. The standard InChI is InChI=1S/C19H27N/c1-18(2,3)12-14-8-7-9-17-16(14)11-10-15(20-17)13-19(4,5)6/h7-11H,12-13H2,1-6H3. The van der Waals surface area contributed by atoms with Gasteiger partial charge in [-0.25, -0.2) is 0 Å². The predicted molar refractivity (Wildman–Crippen MR) is 88.1 cm³/mol. The Labute approximate surface area is 123 Å². The molecule has 0 aliphatic carbocycles. The summed E-state index contributed by atoms with van der Waals surface area (Å²) in [5.41, 5.74) is 4.32. The van der Waals surface area contributed by atoms with E-state index < -0.39 is 0 Å². The molecule has 0 amide bonds. The summed E-state index contributed by atoms with van der Waals surface area (Å²) >= 11 is 0. The van der Waals surface area contributed by atoms with Gasteiger partial charge in [-0.2, -0.15) is 0 Å². The lowest BCUT2D eigenvalue weighted by Crippen LogP contribution is -2.11. The summed E-state index contributed by atoms with van der Waals surface area (Å²) in [5.74, 6) is 0. The average molecular weight is 269 g/mol. The fourth-order valence-electron chi connectivity index (χ4n) is 2.63. The van der Waals surface area contributed by atoms with Crippen LogP contribution >= 0.6 is 0 Å². The van der Waals surface area contributed by atoms with Gasteiger partial charge in [0.05, 0.1) is 5.52 Å². The lowest BCUT2D eigenvalue weighted by molar-refractivity contribution is 0.407. The van der Waals surface area contributed by atoms with Crippen molar-refractivity contribution >= 4 is 10.9 Å². The van der Waals surface area contributed by atoms with Crippen LogP contribution in [0, 0.1) is 10.8 Å². The van der Waals surface area contributed by atoms with Crippen LogP contribution in [0.5, 0.6) is 0 Å². The molecule has 0 bridgehead atoms. The Hall–Kier alpha value is -1.37. The second kappa shape index (κ2) is 5.20. The first kappa shape index (κ1) is 15.0. The molecular formula is C19H27N. The fraction of sp³-hybridized carbons (Fsp3) is 0.526. The van der Waals surface area contributed by atoms with Crippen molar-refractivity contribution in [1.29, 1.82) is 0 Å². The summed E-state index contributed by atoms with van der Waals surface area (Å²) in [5, 5.41) is 1.31. The lowest BCUT2D eigenvalue weighted by Gasteiger charge is -2.20. The number of fused-ring (bicyclic) bond motifs is 1. The Bertz CT molecular complexity index is 597. The topological polar surface area (TPSA) is 12.9 Å². The van der Waals surface area contributed by atoms with Gasteiger partial charge < -0.3 is 0 Å². The molecule has 0 fully saturated rings. The number of aromatic nitrogens is 1. The van der Waals surface area contributed by atoms with Crippen LogP contribution in [0.2, 0.25) is 0 Å². The van der Waals surface area contributed by atoms with E-state index in [2.05, 4.69) is 71.9 Å². The van der Waals surface area contributed by atoms with Crippen molar-refractivity contribution in [2.45, 2.75) is 54.4 Å². The highest BCUT2D eigenvalue weighted by Crippen LogP contribution is 2.27. The van der Waals surface area contributed by atoms with Gasteiger partial charge >= 0.3 is 0 Å². The average Bonchev–Trinajstić information content (AvgIpc) is 2.24. The molecule has 1 heteroatoms. The maximum Gasteiger partial charge on any atom is 0.0708 e. The van der Waals surface area contributed by atoms with Crippen molar-refractivity contribution in [2.24, 2.45) is 10.8 Å². The first-order chi connectivity index (χ1) is 9.14. The third-order valence-electron chi connectivity index (χ3n) is 3.31. The largest absolute Gasteiger partial charge is 0.253 e. The Kier molecular flexibility index (Phi) is 3.90. The monoisotopic (exact) mass is 269 g/mol. The van der Waals surface area contributed by atoms with E-state index in [9.17, 15) is 0 Å². The zero-order valence-electron chi connectivity index (χ0n) is 13.7. The molecule has 0 spiro atoms. The minimum Gasteiger partial charge on any atom is -0.253 e. The van der Waals surface area contributed by atoms with Crippen molar-refractivity contribution in [3.8, 4) is 0 Å². The molecule has 0 aliphatic rings. The number of pyridine rings is 1. The van der Waals surface area contributed by atoms with Crippen molar-refractivity contribution in [1.82, 2.24) is 4.98 Å². The zero-order valence-corrected chi connectivity index (χ0v) is 13.7. The Morgan fingerprint density at radius 3 is 2.05 bits per heavy atom. The number of rotatable bonds is 2. The Morgan fingerprint density at radius 2 is 1.45 bits per heavy atom. The minimum absolute atomic E-state index is 0.281. The van der Waals surface area contributed by atoms with E-state index in [1.165, 1.54) is 16.6 Å². The van der Waals surface area contributed by atoms with Crippen molar-refractivity contribution < 1.29 is 0 Å². The van der Waals surface area contributed by atoms with Crippen LogP contribution in [0.4, 0.5) is 0 Å². The lowest BCUT2D eigenvalue weighted by atomic mass is 9.86. The van der Waals surface area contributed by atoms with Gasteiger partial charge in [-0.15, -0.1) is 0 Å². The number of benzene rings is 1. The van der Waals surface area contributed by atoms with Crippen LogP contribution in [0.15, 0.2) is 30.3 Å². The molecule has 1 aromatic heterocycles. The molecule has 108 valence electrons. The number of nitrogens with zero attached hydrogens (tertiary/aromatic N) is 1. The smallest absolute Gasteiger partial charge is 0.0708 e. The van der Waals surface area contributed by atoms with Crippen molar-refractivity contribution in [2.75, 3.05) is 0 Å². The van der Waals surface area contributed by atoms with Crippen LogP contribution in [0.1, 0.15) is 52.8 Å². The van der Waals surface area contributed by atoms with E-state index in [1.54, 1.807) is 0 Å². The molecule has 0 saturated carbocycles. The molecule has 0 unspecified atom stereocenters. The third kappa shape index (κ3) is 4.06. The highest BCUT2D eigenvalue weighted by atomic mass is 14.7. The maximum absolute atomic E-state index is 4.85. The van der Waals surface area contributed by atoms with Gasteiger partial charge in [0.15, 0.2) is 0 Å². The molecule has 0 aliphatic heterocycles. The zero-order chi connectivity index (χ0) is 15.0. The molecule has 1 heterocycles. The Morgan fingerprint density at radius 1 is 0.800 bits per heavy atom. The summed E-state index contributed by atoms with van der Waals surface area (Å²) in [7, 11) is 0. The van der Waals surface area contributed by atoms with E-state index in [0.717, 1.165) is 18.4 Å². The van der Waals surface area contributed by atoms with E-state index in [4.69, 9.17) is 4.98 Å². The SMILES string of the molecule is CC(C)(C)Cc1ccc2c(CC(C)(C)C)cccc2n1. The summed E-state index contributed by atoms with van der Waals surface area (Å²) in [6.07, 6.45) is 2.11. The van der Waals surface area contributed by atoms with Gasteiger partial charge in [0.2, 0.25) is 0 Å². The molecule has 0 radical (unpaired) electrons. The Balaban J connectivity index is 2.40. The molecule has 1 aromatic carbocycles. The van der Waals surface area contributed by atoms with Crippen LogP contribution in [-0.4, -0.2) is 4.98 Å². The van der Waals surface area contributed by atoms with Gasteiger partial charge in [-0.3, -0.25) is 4.98 Å². The van der Waals surface area contributed by atoms with Gasteiger partial charge in [0, 0.05) is 11.1 Å². The minimum atomic E-state index is 0.281. The van der Waals surface area contributed by atoms with E-state index >= 15 is 0 Å². The first-order valence-electron chi connectivity index (χ1n) is 7.52. The van der Waals surface area contributed by atoms with Crippen LogP contribution in [-0.2, 0) is 12.8 Å². The van der Waals surface area contributed by atoms with Crippen LogP contribution in [0.3, 0.4) is 0 Å². The summed E-state index contributed by atoms with van der Waals surface area (Å²) in [4.78, 5) is 4.85. The van der Waals surface area contributed by atoms with Gasteiger partial charge in [-0.1, -0.05) is 59.7 Å². The molecule has 1 nitrogen and oxygen atoms in total. The summed E-state index contributed by atoms with van der Waals surface area (Å²) in [6, 6.07) is 11.0. The second-order valence-electron chi connectivity index (χ2n) is 8.26. The second-order valence-corrected chi connectivity index (χ2v) is 8.26. The molecule has 0 saturated heterocycles. The van der Waals surface area contributed by atoms with E-state index in [0.29, 0.717) is 5.41 Å². The van der Waals surface area contributed by atoms with E-state index in [1.807, 2.05) is 0 Å². The molecule has 0 atom stereocenters. The highest BCUT2D eigenvalue weighted by Gasteiger charge is 2.15. The van der Waals surface area contributed by atoms with Gasteiger partial charge in [0.25, 0.3) is 0 Å². The quantitative estimate of drug-likeness (QED) is 0.710. The summed E-state index contributed by atoms with van der Waals surface area (Å²) in [6.45, 7) is 13.6. The molecule has 2 aromatic rings.